The van der Waals surface area contributed by atoms with E-state index in [2.05, 4.69) is 26.6 Å². The Morgan fingerprint density at radius 3 is 2.30 bits per heavy atom. The number of halogens is 3. The maximum absolute atomic E-state index is 13.4. The van der Waals surface area contributed by atoms with Crippen molar-refractivity contribution < 1.29 is 41.9 Å². The predicted octanol–water partition coefficient (Wildman–Crippen LogP) is 2.60. The average molecular weight is 626 g/mol. The first-order valence-electron chi connectivity index (χ1n) is 14.5. The second kappa shape index (κ2) is 16.7. The molecular formula is C30H42F3N5O6. The standard InChI is InChI=1S/C30H42F3N5O6/c1-17(2)24(37-29(43)38-25(18(3)4)28(42)44-5)27(41)36-22-11-6-7-14-34-23(39)13-12-21(35-26(22)40)16-19-9-8-10-20(15-19)30(31,32)33/h8-10,12-13,15,17-18,21-22,24-25H,6-7,11,14,16H2,1-5H3,(H,34,39)(H,35,40)(H,36,41)(H2,37,38,43)/b13-12+/t21-,22+,24+,25?/m1/s1. The summed E-state index contributed by atoms with van der Waals surface area (Å²) >= 11 is 0. The largest absolute Gasteiger partial charge is 0.467 e. The molecule has 1 aliphatic rings. The summed E-state index contributed by atoms with van der Waals surface area (Å²) in [6, 6.07) is -0.0410. The summed E-state index contributed by atoms with van der Waals surface area (Å²) in [7, 11) is 1.20. The molecule has 1 aromatic carbocycles. The summed E-state index contributed by atoms with van der Waals surface area (Å²) in [5.74, 6) is -2.98. The molecule has 0 radical (unpaired) electrons. The number of ether oxygens (including phenoxy) is 1. The zero-order valence-corrected chi connectivity index (χ0v) is 25.5. The minimum Gasteiger partial charge on any atom is -0.467 e. The number of esters is 1. The van der Waals surface area contributed by atoms with Crippen molar-refractivity contribution in [2.75, 3.05) is 13.7 Å². The number of hydrogen-bond acceptors (Lipinski definition) is 6. The molecule has 0 bridgehead atoms. The molecule has 14 heteroatoms. The van der Waals surface area contributed by atoms with Crippen LogP contribution in [0.3, 0.4) is 0 Å². The SMILES string of the molecule is COC(=O)C(NC(=O)N[C@H](C(=O)N[C@H]1CCCCNC(=O)/C=C/[C@H](Cc2cccc(C(F)(F)F)c2)NC1=O)C(C)C)C(C)C. The van der Waals surface area contributed by atoms with Crippen LogP contribution in [0.4, 0.5) is 18.0 Å². The molecule has 244 valence electrons. The van der Waals surface area contributed by atoms with E-state index in [1.165, 1.54) is 31.4 Å². The minimum absolute atomic E-state index is 0.0480. The van der Waals surface area contributed by atoms with E-state index in [-0.39, 0.29) is 24.3 Å². The lowest BCUT2D eigenvalue weighted by Crippen LogP contribution is -2.59. The Kier molecular flexibility index (Phi) is 13.7. The molecule has 4 atom stereocenters. The summed E-state index contributed by atoms with van der Waals surface area (Å²) < 4.78 is 44.5. The van der Waals surface area contributed by atoms with E-state index in [0.717, 1.165) is 12.1 Å². The molecule has 1 heterocycles. The van der Waals surface area contributed by atoms with Crippen LogP contribution in [0.1, 0.15) is 58.1 Å². The predicted molar refractivity (Wildman–Crippen MR) is 156 cm³/mol. The maximum Gasteiger partial charge on any atom is 0.416 e. The van der Waals surface area contributed by atoms with E-state index < -0.39 is 71.5 Å². The highest BCUT2D eigenvalue weighted by molar-refractivity contribution is 5.93. The van der Waals surface area contributed by atoms with Gasteiger partial charge in [-0.2, -0.15) is 13.2 Å². The van der Waals surface area contributed by atoms with Crippen LogP contribution >= 0.6 is 0 Å². The zero-order chi connectivity index (χ0) is 33.0. The highest BCUT2D eigenvalue weighted by Crippen LogP contribution is 2.29. The van der Waals surface area contributed by atoms with Crippen LogP contribution in [0, 0.1) is 11.8 Å². The van der Waals surface area contributed by atoms with Gasteiger partial charge in [0.25, 0.3) is 0 Å². The first-order valence-corrected chi connectivity index (χ1v) is 14.5. The first kappa shape index (κ1) is 36.1. The van der Waals surface area contributed by atoms with Crippen molar-refractivity contribution in [2.45, 2.75) is 83.7 Å². The van der Waals surface area contributed by atoms with Crippen molar-refractivity contribution in [1.82, 2.24) is 26.6 Å². The Morgan fingerprint density at radius 1 is 1.02 bits per heavy atom. The van der Waals surface area contributed by atoms with E-state index in [0.29, 0.717) is 19.4 Å². The summed E-state index contributed by atoms with van der Waals surface area (Å²) in [4.78, 5) is 63.8. The van der Waals surface area contributed by atoms with E-state index in [4.69, 9.17) is 4.74 Å². The molecule has 0 aromatic heterocycles. The number of hydrogen-bond donors (Lipinski definition) is 5. The van der Waals surface area contributed by atoms with Crippen LogP contribution in [-0.4, -0.2) is 67.5 Å². The summed E-state index contributed by atoms with van der Waals surface area (Å²) in [6.45, 7) is 7.15. The fourth-order valence-corrected chi connectivity index (χ4v) is 4.54. The quantitative estimate of drug-likeness (QED) is 0.266. The van der Waals surface area contributed by atoms with Gasteiger partial charge in [-0.05, 0) is 49.1 Å². The molecule has 1 aromatic rings. The Hall–Kier alpha value is -4.10. The van der Waals surface area contributed by atoms with Crippen LogP contribution in [0.5, 0.6) is 0 Å². The van der Waals surface area contributed by atoms with E-state index >= 15 is 0 Å². The van der Waals surface area contributed by atoms with Crippen molar-refractivity contribution in [1.29, 1.82) is 0 Å². The van der Waals surface area contributed by atoms with Gasteiger partial charge in [-0.1, -0.05) is 52.0 Å². The van der Waals surface area contributed by atoms with Crippen molar-refractivity contribution in [3.63, 3.8) is 0 Å². The fourth-order valence-electron chi connectivity index (χ4n) is 4.54. The monoisotopic (exact) mass is 625 g/mol. The lowest BCUT2D eigenvalue weighted by Gasteiger charge is -2.28. The number of amides is 5. The number of carbonyl (C=O) groups excluding carboxylic acids is 5. The number of rotatable bonds is 9. The number of nitrogens with one attached hydrogen (secondary N) is 5. The smallest absolute Gasteiger partial charge is 0.416 e. The van der Waals surface area contributed by atoms with Crippen LogP contribution < -0.4 is 26.6 Å². The average Bonchev–Trinajstić information content (AvgIpc) is 2.94. The lowest BCUT2D eigenvalue weighted by atomic mass is 10.00. The third-order valence-electron chi connectivity index (χ3n) is 7.01. The molecule has 2 rings (SSSR count). The maximum atomic E-state index is 13.4. The van der Waals surface area contributed by atoms with Gasteiger partial charge in [-0.25, -0.2) is 9.59 Å². The molecule has 5 N–H and O–H groups in total. The molecule has 5 amide bonds. The third-order valence-corrected chi connectivity index (χ3v) is 7.01. The van der Waals surface area contributed by atoms with Crippen molar-refractivity contribution in [3.05, 3.63) is 47.5 Å². The number of benzene rings is 1. The Morgan fingerprint density at radius 2 is 1.68 bits per heavy atom. The molecule has 11 nitrogen and oxygen atoms in total. The van der Waals surface area contributed by atoms with Gasteiger partial charge >= 0.3 is 18.2 Å². The summed E-state index contributed by atoms with van der Waals surface area (Å²) in [5, 5.41) is 13.2. The minimum atomic E-state index is -4.55. The Labute approximate surface area is 255 Å². The highest BCUT2D eigenvalue weighted by Gasteiger charge is 2.33. The summed E-state index contributed by atoms with van der Waals surface area (Å²) in [5.41, 5.74) is -0.562. The van der Waals surface area contributed by atoms with Crippen LogP contribution in [0.2, 0.25) is 0 Å². The van der Waals surface area contributed by atoms with E-state index in [1.54, 1.807) is 27.7 Å². The molecular weight excluding hydrogens is 583 g/mol. The molecule has 0 saturated carbocycles. The highest BCUT2D eigenvalue weighted by atomic mass is 19.4. The number of carbonyl (C=O) groups is 5. The number of methoxy groups -OCH3 is 1. The summed E-state index contributed by atoms with van der Waals surface area (Å²) in [6.07, 6.45) is -0.825. The molecule has 0 aliphatic carbocycles. The molecule has 44 heavy (non-hydrogen) atoms. The Bertz CT molecular complexity index is 1200. The number of urea groups is 1. The topological polar surface area (TPSA) is 155 Å². The number of alkyl halides is 3. The van der Waals surface area contributed by atoms with Crippen LogP contribution in [-0.2, 0) is 36.5 Å². The van der Waals surface area contributed by atoms with Crippen molar-refractivity contribution in [2.24, 2.45) is 11.8 Å². The molecule has 0 spiro atoms. The third kappa shape index (κ3) is 11.5. The zero-order valence-electron chi connectivity index (χ0n) is 25.5. The van der Waals surface area contributed by atoms with Gasteiger partial charge in [0.15, 0.2) is 0 Å². The fraction of sp³-hybridized carbons (Fsp3) is 0.567. The molecule has 1 aliphatic heterocycles. The lowest BCUT2D eigenvalue weighted by molar-refractivity contribution is -0.144. The second-order valence-corrected chi connectivity index (χ2v) is 11.3. The molecule has 0 saturated heterocycles. The van der Waals surface area contributed by atoms with Gasteiger partial charge in [0.2, 0.25) is 17.7 Å². The van der Waals surface area contributed by atoms with E-state index in [1.807, 2.05) is 0 Å². The molecule has 1 unspecified atom stereocenters. The normalized spacial score (nSPS) is 20.2. The van der Waals surface area contributed by atoms with Crippen LogP contribution in [0.25, 0.3) is 0 Å². The molecule has 0 fully saturated rings. The van der Waals surface area contributed by atoms with Gasteiger partial charge in [0.1, 0.15) is 18.1 Å². The van der Waals surface area contributed by atoms with Gasteiger partial charge < -0.3 is 31.3 Å². The van der Waals surface area contributed by atoms with Gasteiger partial charge in [-0.15, -0.1) is 0 Å². The van der Waals surface area contributed by atoms with Crippen molar-refractivity contribution >= 4 is 29.7 Å². The van der Waals surface area contributed by atoms with E-state index in [9.17, 15) is 37.1 Å². The van der Waals surface area contributed by atoms with Gasteiger partial charge in [0, 0.05) is 12.6 Å². The van der Waals surface area contributed by atoms with Crippen LogP contribution in [0.15, 0.2) is 36.4 Å². The first-order chi connectivity index (χ1) is 20.6. The second-order valence-electron chi connectivity index (χ2n) is 11.3. The Balaban J connectivity index is 2.23. The van der Waals surface area contributed by atoms with Crippen molar-refractivity contribution in [3.8, 4) is 0 Å². The van der Waals surface area contributed by atoms with Gasteiger partial charge in [0.05, 0.1) is 18.7 Å². The van der Waals surface area contributed by atoms with Gasteiger partial charge in [-0.3, -0.25) is 14.4 Å².